The zero-order chi connectivity index (χ0) is 14.2. The Morgan fingerprint density at radius 1 is 1.35 bits per heavy atom. The van der Waals surface area contributed by atoms with E-state index in [1.807, 2.05) is 0 Å². The van der Waals surface area contributed by atoms with E-state index in [0.717, 1.165) is 25.6 Å². The molecule has 0 aromatic carbocycles. The van der Waals surface area contributed by atoms with Gasteiger partial charge >= 0.3 is 0 Å². The van der Waals surface area contributed by atoms with Crippen molar-refractivity contribution in [3.8, 4) is 0 Å². The van der Waals surface area contributed by atoms with E-state index in [-0.39, 0.29) is 0 Å². The molecule has 1 aromatic heterocycles. The Morgan fingerprint density at radius 2 is 2.25 bits per heavy atom. The molecule has 20 heavy (non-hydrogen) atoms. The first-order chi connectivity index (χ1) is 9.81. The van der Waals surface area contributed by atoms with Crippen molar-refractivity contribution in [2.75, 3.05) is 19.6 Å². The van der Waals surface area contributed by atoms with E-state index < -0.39 is 0 Å². The average molecular weight is 295 g/mol. The number of likely N-dealkylation sites (tertiary alicyclic amines) is 1. The normalized spacial score (nSPS) is 21.0. The molecule has 1 saturated heterocycles. The first kappa shape index (κ1) is 15.9. The quantitative estimate of drug-likeness (QED) is 0.778. The second-order valence-electron chi connectivity index (χ2n) is 5.89. The van der Waals surface area contributed by atoms with Gasteiger partial charge in [0.05, 0.1) is 5.69 Å². The third kappa shape index (κ3) is 5.15. The van der Waals surface area contributed by atoms with E-state index in [0.29, 0.717) is 0 Å². The summed E-state index contributed by atoms with van der Waals surface area (Å²) in [5.41, 5.74) is 1.26. The smallest absolute Gasteiger partial charge is 0.107 e. The topological polar surface area (TPSA) is 28.2 Å². The van der Waals surface area contributed by atoms with Gasteiger partial charge in [0.1, 0.15) is 5.01 Å². The van der Waals surface area contributed by atoms with Gasteiger partial charge in [-0.05, 0) is 51.2 Å². The van der Waals surface area contributed by atoms with Crippen LogP contribution in [0.5, 0.6) is 0 Å². The summed E-state index contributed by atoms with van der Waals surface area (Å²) < 4.78 is 0. The highest BCUT2D eigenvalue weighted by Gasteiger charge is 2.16. The van der Waals surface area contributed by atoms with Crippen LogP contribution >= 0.6 is 11.3 Å². The maximum Gasteiger partial charge on any atom is 0.107 e. The fourth-order valence-electron chi connectivity index (χ4n) is 2.90. The zero-order valence-corrected chi connectivity index (χ0v) is 13.8. The molecule has 114 valence electrons. The molecule has 1 aliphatic heterocycles. The lowest BCUT2D eigenvalue weighted by atomic mass is 9.98. The van der Waals surface area contributed by atoms with Gasteiger partial charge in [0.25, 0.3) is 0 Å². The molecule has 0 bridgehead atoms. The van der Waals surface area contributed by atoms with Crippen molar-refractivity contribution in [2.45, 2.75) is 59.0 Å². The highest BCUT2D eigenvalue weighted by molar-refractivity contribution is 7.09. The van der Waals surface area contributed by atoms with Crippen LogP contribution in [0.1, 0.15) is 56.7 Å². The van der Waals surface area contributed by atoms with Crippen LogP contribution in [0.2, 0.25) is 0 Å². The van der Waals surface area contributed by atoms with Gasteiger partial charge in [-0.1, -0.05) is 20.3 Å². The van der Waals surface area contributed by atoms with Crippen LogP contribution < -0.4 is 5.32 Å². The predicted molar refractivity (Wildman–Crippen MR) is 87.0 cm³/mol. The Morgan fingerprint density at radius 3 is 3.05 bits per heavy atom. The number of nitrogens with one attached hydrogen (secondary N) is 1. The Labute approximate surface area is 127 Å². The molecule has 0 saturated carbocycles. The number of thiazole rings is 1. The summed E-state index contributed by atoms with van der Waals surface area (Å²) in [6.45, 7) is 10.1. The number of aromatic nitrogens is 1. The van der Waals surface area contributed by atoms with Crippen molar-refractivity contribution in [3.63, 3.8) is 0 Å². The van der Waals surface area contributed by atoms with Crippen LogP contribution in [0.15, 0.2) is 5.38 Å². The molecule has 2 heterocycles. The van der Waals surface area contributed by atoms with Gasteiger partial charge in [-0.15, -0.1) is 11.3 Å². The number of rotatable bonds is 7. The predicted octanol–water partition coefficient (Wildman–Crippen LogP) is 3.65. The van der Waals surface area contributed by atoms with Gasteiger partial charge in [0, 0.05) is 18.5 Å². The molecule has 1 atom stereocenters. The largest absolute Gasteiger partial charge is 0.310 e. The molecule has 0 radical (unpaired) electrons. The maximum atomic E-state index is 4.76. The first-order valence-electron chi connectivity index (χ1n) is 8.18. The van der Waals surface area contributed by atoms with E-state index in [9.17, 15) is 0 Å². The highest BCUT2D eigenvalue weighted by atomic mass is 32.1. The summed E-state index contributed by atoms with van der Waals surface area (Å²) in [5.74, 6) is 0.948. The molecule has 0 aliphatic carbocycles. The monoisotopic (exact) mass is 295 g/mol. The third-order valence-corrected chi connectivity index (χ3v) is 5.10. The summed E-state index contributed by atoms with van der Waals surface area (Å²) >= 11 is 1.80. The number of hydrogen-bond donors (Lipinski definition) is 1. The van der Waals surface area contributed by atoms with Crippen molar-refractivity contribution in [2.24, 2.45) is 5.92 Å². The molecule has 1 unspecified atom stereocenters. The van der Waals surface area contributed by atoms with E-state index in [2.05, 4.69) is 29.4 Å². The van der Waals surface area contributed by atoms with Gasteiger partial charge in [-0.2, -0.15) is 0 Å². The minimum Gasteiger partial charge on any atom is -0.310 e. The van der Waals surface area contributed by atoms with E-state index in [4.69, 9.17) is 4.98 Å². The third-order valence-electron chi connectivity index (χ3n) is 4.21. The molecule has 0 spiro atoms. The Kier molecular flexibility index (Phi) is 6.97. The van der Waals surface area contributed by atoms with E-state index >= 15 is 0 Å². The van der Waals surface area contributed by atoms with Crippen molar-refractivity contribution >= 4 is 11.3 Å². The molecule has 1 N–H and O–H groups in total. The molecule has 4 heteroatoms. The van der Waals surface area contributed by atoms with Crippen LogP contribution in [0.4, 0.5) is 0 Å². The molecule has 1 aromatic rings. The van der Waals surface area contributed by atoms with Crippen molar-refractivity contribution in [1.29, 1.82) is 0 Å². The second kappa shape index (κ2) is 8.75. The first-order valence-corrected chi connectivity index (χ1v) is 9.06. The minimum absolute atomic E-state index is 0.927. The molecular weight excluding hydrogens is 266 g/mol. The van der Waals surface area contributed by atoms with Crippen LogP contribution in [0.25, 0.3) is 0 Å². The standard InChI is InChI=1S/C16H29N3S/c1-3-8-17-11-16-18-15(13-20-16)12-19-9-5-6-14(4-2)7-10-19/h13-14,17H,3-12H2,1-2H3. The minimum atomic E-state index is 0.927. The molecule has 1 fully saturated rings. The van der Waals surface area contributed by atoms with Gasteiger partial charge < -0.3 is 5.32 Å². The van der Waals surface area contributed by atoms with Crippen LogP contribution in [-0.2, 0) is 13.1 Å². The number of nitrogens with zero attached hydrogens (tertiary/aromatic N) is 2. The molecule has 1 aliphatic rings. The molecule has 0 amide bonds. The SMILES string of the molecule is CCCNCc1nc(CN2CCCC(CC)CC2)cs1. The van der Waals surface area contributed by atoms with Gasteiger partial charge in [0.2, 0.25) is 0 Å². The lowest BCUT2D eigenvalue weighted by Gasteiger charge is -2.18. The second-order valence-corrected chi connectivity index (χ2v) is 6.83. The van der Waals surface area contributed by atoms with Gasteiger partial charge in [0.15, 0.2) is 0 Å². The summed E-state index contributed by atoms with van der Waals surface area (Å²) in [7, 11) is 0. The summed E-state index contributed by atoms with van der Waals surface area (Å²) in [6, 6.07) is 0. The van der Waals surface area contributed by atoms with Crippen LogP contribution in [0, 0.1) is 5.92 Å². The average Bonchev–Trinajstić information content (AvgIpc) is 2.77. The summed E-state index contributed by atoms with van der Waals surface area (Å²) in [4.78, 5) is 7.35. The van der Waals surface area contributed by atoms with Crippen molar-refractivity contribution < 1.29 is 0 Å². The Bertz CT molecular complexity index is 378. The van der Waals surface area contributed by atoms with Crippen molar-refractivity contribution in [3.05, 3.63) is 16.1 Å². The lowest BCUT2D eigenvalue weighted by molar-refractivity contribution is 0.269. The highest BCUT2D eigenvalue weighted by Crippen LogP contribution is 2.21. The fraction of sp³-hybridized carbons (Fsp3) is 0.812. The zero-order valence-electron chi connectivity index (χ0n) is 13.0. The molecule has 3 nitrogen and oxygen atoms in total. The lowest BCUT2D eigenvalue weighted by Crippen LogP contribution is -2.24. The van der Waals surface area contributed by atoms with Crippen molar-refractivity contribution in [1.82, 2.24) is 15.2 Å². The Hall–Kier alpha value is -0.450. The molecular formula is C16H29N3S. The summed E-state index contributed by atoms with van der Waals surface area (Å²) in [5, 5.41) is 6.90. The van der Waals surface area contributed by atoms with E-state index in [1.165, 1.54) is 55.9 Å². The van der Waals surface area contributed by atoms with Gasteiger partial charge in [-0.25, -0.2) is 4.98 Å². The van der Waals surface area contributed by atoms with E-state index in [1.54, 1.807) is 11.3 Å². The fourth-order valence-corrected chi connectivity index (χ4v) is 3.65. The number of hydrogen-bond acceptors (Lipinski definition) is 4. The molecule has 2 rings (SSSR count). The van der Waals surface area contributed by atoms with Crippen LogP contribution in [0.3, 0.4) is 0 Å². The van der Waals surface area contributed by atoms with Crippen LogP contribution in [-0.4, -0.2) is 29.5 Å². The van der Waals surface area contributed by atoms with Gasteiger partial charge in [-0.3, -0.25) is 4.90 Å². The Balaban J connectivity index is 1.78. The maximum absolute atomic E-state index is 4.76. The summed E-state index contributed by atoms with van der Waals surface area (Å²) in [6.07, 6.45) is 6.66.